The lowest BCUT2D eigenvalue weighted by atomic mass is 10.1. The Bertz CT molecular complexity index is 223. The molecule has 0 aromatic rings. The summed E-state index contributed by atoms with van der Waals surface area (Å²) in [6, 6.07) is 0. The second kappa shape index (κ2) is 8.90. The molecule has 1 unspecified atom stereocenters. The molecule has 2 fully saturated rings. The molecule has 1 atom stereocenters. The summed E-state index contributed by atoms with van der Waals surface area (Å²) in [6.45, 7) is 9.30. The molecular weight excluding hydrogens is 238 g/mol. The average molecular weight is 269 g/mol. The van der Waals surface area contributed by atoms with Crippen LogP contribution in [0.5, 0.6) is 0 Å². The number of unbranched alkanes of at least 4 members (excludes halogenated alkanes) is 1. The molecule has 2 aliphatic heterocycles. The van der Waals surface area contributed by atoms with Crippen molar-refractivity contribution in [2.45, 2.75) is 44.6 Å². The molecule has 0 amide bonds. The summed E-state index contributed by atoms with van der Waals surface area (Å²) in [5, 5.41) is 0. The highest BCUT2D eigenvalue weighted by Gasteiger charge is 2.18. The smallest absolute Gasteiger partial charge is 0.0576 e. The van der Waals surface area contributed by atoms with Crippen molar-refractivity contribution in [3.63, 3.8) is 0 Å². The minimum Gasteiger partial charge on any atom is -0.378 e. The molecule has 0 aliphatic carbocycles. The predicted octanol–water partition coefficient (Wildman–Crippen LogP) is 1.30. The number of ether oxygens (including phenoxy) is 1. The van der Waals surface area contributed by atoms with E-state index in [1.54, 1.807) is 0 Å². The van der Waals surface area contributed by atoms with Gasteiger partial charge in [0.05, 0.1) is 6.10 Å². The van der Waals surface area contributed by atoms with Crippen molar-refractivity contribution in [3.05, 3.63) is 0 Å². The van der Waals surface area contributed by atoms with Crippen LogP contribution in [-0.2, 0) is 4.74 Å². The van der Waals surface area contributed by atoms with Crippen LogP contribution in [0.2, 0.25) is 0 Å². The monoisotopic (exact) mass is 269 g/mol. The quantitative estimate of drug-likeness (QED) is 0.675. The molecule has 0 aromatic heterocycles. The van der Waals surface area contributed by atoms with Gasteiger partial charge in [-0.2, -0.15) is 0 Å². The second-order valence-electron chi connectivity index (χ2n) is 5.96. The van der Waals surface area contributed by atoms with E-state index >= 15 is 0 Å². The van der Waals surface area contributed by atoms with Crippen molar-refractivity contribution in [1.82, 2.24) is 9.80 Å². The van der Waals surface area contributed by atoms with Crippen LogP contribution in [0, 0.1) is 0 Å². The lowest BCUT2D eigenvalue weighted by Gasteiger charge is -2.34. The van der Waals surface area contributed by atoms with E-state index in [0.29, 0.717) is 6.10 Å². The van der Waals surface area contributed by atoms with Crippen molar-refractivity contribution in [1.29, 1.82) is 0 Å². The molecule has 0 bridgehead atoms. The van der Waals surface area contributed by atoms with Crippen LogP contribution < -0.4 is 5.73 Å². The van der Waals surface area contributed by atoms with Gasteiger partial charge in [0.1, 0.15) is 0 Å². The molecule has 2 rings (SSSR count). The molecular formula is C15H31N3O. The van der Waals surface area contributed by atoms with E-state index in [-0.39, 0.29) is 0 Å². The predicted molar refractivity (Wildman–Crippen MR) is 79.4 cm³/mol. The van der Waals surface area contributed by atoms with E-state index < -0.39 is 0 Å². The fraction of sp³-hybridized carbons (Fsp3) is 1.00. The van der Waals surface area contributed by atoms with Crippen LogP contribution in [0.1, 0.15) is 38.5 Å². The first-order valence-electron chi connectivity index (χ1n) is 8.15. The molecule has 4 heteroatoms. The summed E-state index contributed by atoms with van der Waals surface area (Å²) in [5.41, 5.74) is 5.54. The molecule has 0 radical (unpaired) electrons. The fourth-order valence-electron chi connectivity index (χ4n) is 3.13. The van der Waals surface area contributed by atoms with Crippen LogP contribution in [0.4, 0.5) is 0 Å². The molecule has 19 heavy (non-hydrogen) atoms. The Kier molecular flexibility index (Phi) is 7.14. The van der Waals surface area contributed by atoms with Gasteiger partial charge in [0.2, 0.25) is 0 Å². The second-order valence-corrected chi connectivity index (χ2v) is 5.96. The summed E-state index contributed by atoms with van der Waals surface area (Å²) in [5.74, 6) is 0. The Labute approximate surface area is 118 Å². The lowest BCUT2D eigenvalue weighted by Crippen LogP contribution is -2.46. The maximum atomic E-state index is 5.68. The summed E-state index contributed by atoms with van der Waals surface area (Å²) < 4.78 is 5.68. The Morgan fingerprint density at radius 1 is 0.947 bits per heavy atom. The number of nitrogens with two attached hydrogens (primary N) is 1. The van der Waals surface area contributed by atoms with Crippen molar-refractivity contribution in [2.75, 3.05) is 52.4 Å². The largest absolute Gasteiger partial charge is 0.378 e. The Balaban J connectivity index is 1.48. The third-order valence-corrected chi connectivity index (χ3v) is 4.42. The van der Waals surface area contributed by atoms with Gasteiger partial charge in [-0.15, -0.1) is 0 Å². The summed E-state index contributed by atoms with van der Waals surface area (Å²) >= 11 is 0. The van der Waals surface area contributed by atoms with Gasteiger partial charge in [0.15, 0.2) is 0 Å². The third-order valence-electron chi connectivity index (χ3n) is 4.42. The van der Waals surface area contributed by atoms with Crippen LogP contribution in [0.25, 0.3) is 0 Å². The number of piperazine rings is 1. The first-order chi connectivity index (χ1) is 9.38. The SMILES string of the molecule is NCCCCN1CCN(CCCC2CCCO2)CC1. The van der Waals surface area contributed by atoms with Gasteiger partial charge < -0.3 is 20.3 Å². The fourth-order valence-corrected chi connectivity index (χ4v) is 3.13. The molecule has 0 aromatic carbocycles. The molecule has 0 saturated carbocycles. The molecule has 2 heterocycles. The Morgan fingerprint density at radius 3 is 2.21 bits per heavy atom. The minimum absolute atomic E-state index is 0.567. The third kappa shape index (κ3) is 5.78. The van der Waals surface area contributed by atoms with Gasteiger partial charge in [0, 0.05) is 32.8 Å². The van der Waals surface area contributed by atoms with E-state index in [2.05, 4.69) is 9.80 Å². The van der Waals surface area contributed by atoms with Gasteiger partial charge in [-0.25, -0.2) is 0 Å². The van der Waals surface area contributed by atoms with E-state index in [9.17, 15) is 0 Å². The summed E-state index contributed by atoms with van der Waals surface area (Å²) in [7, 11) is 0. The van der Waals surface area contributed by atoms with Crippen molar-refractivity contribution in [2.24, 2.45) is 5.73 Å². The molecule has 4 nitrogen and oxygen atoms in total. The maximum Gasteiger partial charge on any atom is 0.0576 e. The summed E-state index contributed by atoms with van der Waals surface area (Å²) in [6.07, 6.45) is 8.12. The van der Waals surface area contributed by atoms with Crippen LogP contribution in [0.3, 0.4) is 0 Å². The van der Waals surface area contributed by atoms with Crippen LogP contribution in [-0.4, -0.2) is 68.3 Å². The molecule has 112 valence electrons. The molecule has 2 aliphatic rings. The lowest BCUT2D eigenvalue weighted by molar-refractivity contribution is 0.0914. The highest BCUT2D eigenvalue weighted by Crippen LogP contribution is 2.17. The van der Waals surface area contributed by atoms with Gasteiger partial charge in [-0.1, -0.05) is 0 Å². The average Bonchev–Trinajstić information content (AvgIpc) is 2.94. The highest BCUT2D eigenvalue weighted by atomic mass is 16.5. The Hall–Kier alpha value is -0.160. The number of hydrogen-bond donors (Lipinski definition) is 1. The van der Waals surface area contributed by atoms with E-state index in [1.807, 2.05) is 0 Å². The number of rotatable bonds is 8. The zero-order valence-electron chi connectivity index (χ0n) is 12.4. The van der Waals surface area contributed by atoms with E-state index in [4.69, 9.17) is 10.5 Å². The van der Waals surface area contributed by atoms with Crippen molar-refractivity contribution in [3.8, 4) is 0 Å². The van der Waals surface area contributed by atoms with E-state index in [1.165, 1.54) is 77.8 Å². The minimum atomic E-state index is 0.567. The first-order valence-corrected chi connectivity index (χ1v) is 8.15. The van der Waals surface area contributed by atoms with Gasteiger partial charge in [-0.3, -0.25) is 0 Å². The molecule has 2 N–H and O–H groups in total. The van der Waals surface area contributed by atoms with Gasteiger partial charge in [0.25, 0.3) is 0 Å². The molecule has 0 spiro atoms. The van der Waals surface area contributed by atoms with Crippen LogP contribution >= 0.6 is 0 Å². The highest BCUT2D eigenvalue weighted by molar-refractivity contribution is 4.73. The Morgan fingerprint density at radius 2 is 1.63 bits per heavy atom. The van der Waals surface area contributed by atoms with E-state index in [0.717, 1.165) is 13.2 Å². The number of hydrogen-bond acceptors (Lipinski definition) is 4. The summed E-state index contributed by atoms with van der Waals surface area (Å²) in [4.78, 5) is 5.21. The van der Waals surface area contributed by atoms with Crippen molar-refractivity contribution < 1.29 is 4.74 Å². The van der Waals surface area contributed by atoms with Gasteiger partial charge in [-0.05, 0) is 58.2 Å². The first kappa shape index (κ1) is 15.2. The van der Waals surface area contributed by atoms with Gasteiger partial charge >= 0.3 is 0 Å². The maximum absolute atomic E-state index is 5.68. The normalized spacial score (nSPS) is 26.1. The van der Waals surface area contributed by atoms with Crippen molar-refractivity contribution >= 4 is 0 Å². The molecule has 2 saturated heterocycles. The van der Waals surface area contributed by atoms with Crippen LogP contribution in [0.15, 0.2) is 0 Å². The standard InChI is InChI=1S/C15H31N3O/c16-7-1-2-8-17-10-12-18(13-11-17)9-3-5-15-6-4-14-19-15/h15H,1-14,16H2. The zero-order valence-corrected chi connectivity index (χ0v) is 12.4. The number of nitrogens with zero attached hydrogens (tertiary/aromatic N) is 2. The topological polar surface area (TPSA) is 41.7 Å². The zero-order chi connectivity index (χ0) is 13.3.